The van der Waals surface area contributed by atoms with Crippen molar-refractivity contribution in [3.8, 4) is 0 Å². The van der Waals surface area contributed by atoms with Crippen molar-refractivity contribution in [2.24, 2.45) is 0 Å². The Morgan fingerprint density at radius 1 is 0.821 bits per heavy atom. The SMILES string of the molecule is Cc1ccc(S(=O)(=O)N2CCN(S(=O)(=O)c3cccc4nonc34)CC2)cc1. The van der Waals surface area contributed by atoms with Crippen LogP contribution in [0.5, 0.6) is 0 Å². The van der Waals surface area contributed by atoms with Gasteiger partial charge < -0.3 is 0 Å². The second-order valence-electron chi connectivity index (χ2n) is 6.51. The van der Waals surface area contributed by atoms with Crippen LogP contribution in [0.4, 0.5) is 0 Å². The fourth-order valence-electron chi connectivity index (χ4n) is 3.14. The first-order chi connectivity index (χ1) is 13.3. The van der Waals surface area contributed by atoms with Gasteiger partial charge in [0.05, 0.1) is 4.90 Å². The van der Waals surface area contributed by atoms with Crippen molar-refractivity contribution < 1.29 is 21.5 Å². The highest BCUT2D eigenvalue weighted by molar-refractivity contribution is 7.89. The number of nitrogens with zero attached hydrogens (tertiary/aromatic N) is 4. The number of hydrogen-bond acceptors (Lipinski definition) is 7. The highest BCUT2D eigenvalue weighted by Crippen LogP contribution is 2.25. The monoisotopic (exact) mass is 422 g/mol. The first kappa shape index (κ1) is 19.0. The first-order valence-corrected chi connectivity index (χ1v) is 11.5. The highest BCUT2D eigenvalue weighted by atomic mass is 32.2. The summed E-state index contributed by atoms with van der Waals surface area (Å²) in [6.07, 6.45) is 0. The van der Waals surface area contributed by atoms with Crippen LogP contribution in [-0.2, 0) is 20.0 Å². The Morgan fingerprint density at radius 2 is 1.43 bits per heavy atom. The number of fused-ring (bicyclic) bond motifs is 1. The molecular weight excluding hydrogens is 404 g/mol. The molecule has 11 heteroatoms. The third-order valence-electron chi connectivity index (χ3n) is 4.72. The van der Waals surface area contributed by atoms with Crippen LogP contribution >= 0.6 is 0 Å². The maximum Gasteiger partial charge on any atom is 0.245 e. The maximum atomic E-state index is 13.0. The minimum absolute atomic E-state index is 0.00101. The predicted octanol–water partition coefficient (Wildman–Crippen LogP) is 1.23. The second-order valence-corrected chi connectivity index (χ2v) is 10.4. The van der Waals surface area contributed by atoms with E-state index < -0.39 is 20.0 Å². The fraction of sp³-hybridized carbons (Fsp3) is 0.294. The van der Waals surface area contributed by atoms with Crippen LogP contribution in [0.15, 0.2) is 56.9 Å². The summed E-state index contributed by atoms with van der Waals surface area (Å²) in [6, 6.07) is 11.2. The molecule has 0 bridgehead atoms. The van der Waals surface area contributed by atoms with Crippen LogP contribution in [0.1, 0.15) is 5.56 Å². The van der Waals surface area contributed by atoms with E-state index in [1.165, 1.54) is 14.7 Å². The lowest BCUT2D eigenvalue weighted by molar-refractivity contribution is 0.273. The molecule has 1 aliphatic rings. The summed E-state index contributed by atoms with van der Waals surface area (Å²) >= 11 is 0. The Kier molecular flexibility index (Phi) is 4.70. The van der Waals surface area contributed by atoms with Gasteiger partial charge in [-0.3, -0.25) is 0 Å². The van der Waals surface area contributed by atoms with Crippen LogP contribution in [-0.4, -0.2) is 61.9 Å². The topological polar surface area (TPSA) is 114 Å². The molecule has 9 nitrogen and oxygen atoms in total. The Morgan fingerprint density at radius 3 is 2.07 bits per heavy atom. The average Bonchev–Trinajstić information content (AvgIpc) is 3.17. The molecule has 2 heterocycles. The van der Waals surface area contributed by atoms with Gasteiger partial charge >= 0.3 is 0 Å². The van der Waals surface area contributed by atoms with E-state index in [1.54, 1.807) is 36.4 Å². The minimum Gasteiger partial charge on any atom is -0.243 e. The Hall–Kier alpha value is -2.34. The number of hydrogen-bond donors (Lipinski definition) is 0. The largest absolute Gasteiger partial charge is 0.245 e. The Balaban J connectivity index is 1.55. The summed E-state index contributed by atoms with van der Waals surface area (Å²) in [7, 11) is -7.51. The van der Waals surface area contributed by atoms with Gasteiger partial charge in [0.2, 0.25) is 20.0 Å². The number of aromatic nitrogens is 2. The molecule has 0 N–H and O–H groups in total. The van der Waals surface area contributed by atoms with Crippen molar-refractivity contribution in [3.05, 3.63) is 48.0 Å². The van der Waals surface area contributed by atoms with E-state index in [1.807, 2.05) is 6.92 Å². The quantitative estimate of drug-likeness (QED) is 0.621. The summed E-state index contributed by atoms with van der Waals surface area (Å²) in [5.74, 6) is 0. The van der Waals surface area contributed by atoms with E-state index in [9.17, 15) is 16.8 Å². The molecule has 1 aromatic heterocycles. The molecule has 0 atom stereocenters. The van der Waals surface area contributed by atoms with Crippen LogP contribution in [0.25, 0.3) is 11.0 Å². The molecular formula is C17H18N4O5S2. The molecule has 1 saturated heterocycles. The van der Waals surface area contributed by atoms with Gasteiger partial charge in [-0.25, -0.2) is 21.5 Å². The summed E-state index contributed by atoms with van der Waals surface area (Å²) in [6.45, 7) is 2.13. The van der Waals surface area contributed by atoms with Crippen molar-refractivity contribution in [1.29, 1.82) is 0 Å². The predicted molar refractivity (Wildman–Crippen MR) is 101 cm³/mol. The zero-order chi connectivity index (χ0) is 19.9. The van der Waals surface area contributed by atoms with Crippen molar-refractivity contribution in [2.45, 2.75) is 16.7 Å². The van der Waals surface area contributed by atoms with Gasteiger partial charge in [-0.15, -0.1) is 0 Å². The third-order valence-corrected chi connectivity index (χ3v) is 8.57. The van der Waals surface area contributed by atoms with E-state index in [2.05, 4.69) is 14.9 Å². The van der Waals surface area contributed by atoms with Gasteiger partial charge in [0.1, 0.15) is 10.4 Å². The van der Waals surface area contributed by atoms with Crippen molar-refractivity contribution >= 4 is 31.1 Å². The van der Waals surface area contributed by atoms with Gasteiger partial charge in [0.15, 0.2) is 5.52 Å². The molecule has 0 aliphatic carbocycles. The third kappa shape index (κ3) is 3.20. The standard InChI is InChI=1S/C17H18N4O5S2/c1-13-5-7-14(8-6-13)27(22,23)20-9-11-21(12-10-20)28(24,25)16-4-2-3-15-17(16)19-26-18-15/h2-8H,9-12H2,1H3. The molecule has 148 valence electrons. The summed E-state index contributed by atoms with van der Waals surface area (Å²) < 4.78 is 58.8. The van der Waals surface area contributed by atoms with Crippen molar-refractivity contribution in [3.63, 3.8) is 0 Å². The zero-order valence-corrected chi connectivity index (χ0v) is 16.6. The van der Waals surface area contributed by atoms with E-state index in [4.69, 9.17) is 0 Å². The average molecular weight is 422 g/mol. The molecule has 0 radical (unpaired) electrons. The second kappa shape index (κ2) is 6.92. The van der Waals surface area contributed by atoms with Crippen LogP contribution < -0.4 is 0 Å². The van der Waals surface area contributed by atoms with Crippen molar-refractivity contribution in [1.82, 2.24) is 18.9 Å². The van der Waals surface area contributed by atoms with Gasteiger partial charge in [-0.1, -0.05) is 23.8 Å². The Labute approximate surface area is 162 Å². The summed E-state index contributed by atoms with van der Waals surface area (Å²) in [4.78, 5) is 0.203. The lowest BCUT2D eigenvalue weighted by Gasteiger charge is -2.33. The number of piperazine rings is 1. The number of sulfonamides is 2. The maximum absolute atomic E-state index is 13.0. The number of rotatable bonds is 4. The van der Waals surface area contributed by atoms with E-state index in [-0.39, 0.29) is 41.5 Å². The minimum atomic E-state index is -3.85. The number of aryl methyl sites for hydroxylation is 1. The molecule has 28 heavy (non-hydrogen) atoms. The molecule has 0 saturated carbocycles. The molecule has 4 rings (SSSR count). The van der Waals surface area contributed by atoms with Crippen LogP contribution in [0, 0.1) is 6.92 Å². The highest BCUT2D eigenvalue weighted by Gasteiger charge is 2.35. The summed E-state index contributed by atoms with van der Waals surface area (Å²) in [5, 5.41) is 7.35. The van der Waals surface area contributed by atoms with Gasteiger partial charge in [-0.05, 0) is 41.5 Å². The first-order valence-electron chi connectivity index (χ1n) is 8.58. The normalized spacial score (nSPS) is 17.2. The molecule has 0 unspecified atom stereocenters. The zero-order valence-electron chi connectivity index (χ0n) is 15.0. The Bertz CT molecular complexity index is 1210. The lowest BCUT2D eigenvalue weighted by Crippen LogP contribution is -2.50. The van der Waals surface area contributed by atoms with E-state index >= 15 is 0 Å². The van der Waals surface area contributed by atoms with Gasteiger partial charge in [0, 0.05) is 26.2 Å². The molecule has 0 amide bonds. The van der Waals surface area contributed by atoms with Crippen LogP contribution in [0.2, 0.25) is 0 Å². The van der Waals surface area contributed by atoms with E-state index in [0.717, 1.165) is 5.56 Å². The van der Waals surface area contributed by atoms with Gasteiger partial charge in [0.25, 0.3) is 0 Å². The molecule has 3 aromatic rings. The molecule has 2 aromatic carbocycles. The smallest absolute Gasteiger partial charge is 0.243 e. The van der Waals surface area contributed by atoms with E-state index in [0.29, 0.717) is 5.52 Å². The lowest BCUT2D eigenvalue weighted by atomic mass is 10.2. The molecule has 1 fully saturated rings. The van der Waals surface area contributed by atoms with Crippen LogP contribution in [0.3, 0.4) is 0 Å². The van der Waals surface area contributed by atoms with Gasteiger partial charge in [-0.2, -0.15) is 8.61 Å². The fourth-order valence-corrected chi connectivity index (χ4v) is 6.12. The molecule has 0 spiro atoms. The van der Waals surface area contributed by atoms with Crippen molar-refractivity contribution in [2.75, 3.05) is 26.2 Å². The molecule has 1 aliphatic heterocycles. The summed E-state index contributed by atoms with van der Waals surface area (Å²) in [5.41, 5.74) is 1.48. The number of benzene rings is 2.